The lowest BCUT2D eigenvalue weighted by Crippen LogP contribution is -1.80. The Morgan fingerprint density at radius 3 is 3.18 bits per heavy atom. The highest BCUT2D eigenvalue weighted by Gasteiger charge is 2.00. The maximum absolute atomic E-state index is 5.12. The Kier molecular flexibility index (Phi) is 1.39. The van der Waals surface area contributed by atoms with Gasteiger partial charge in [-0.15, -0.1) is 0 Å². The normalized spacial score (nSPS) is 10.6. The zero-order chi connectivity index (χ0) is 7.68. The van der Waals surface area contributed by atoms with Gasteiger partial charge in [-0.05, 0) is 25.0 Å². The van der Waals surface area contributed by atoms with E-state index in [1.807, 2.05) is 18.2 Å². The van der Waals surface area contributed by atoms with Gasteiger partial charge in [-0.1, -0.05) is 12.1 Å². The van der Waals surface area contributed by atoms with Gasteiger partial charge in [0.2, 0.25) is 0 Å². The summed E-state index contributed by atoms with van der Waals surface area (Å²) in [4.78, 5) is 4.08. The first-order chi connectivity index (χ1) is 5.42. The first-order valence-corrected chi connectivity index (χ1v) is 3.52. The third-order valence-electron chi connectivity index (χ3n) is 1.71. The van der Waals surface area contributed by atoms with Crippen molar-refractivity contribution in [3.8, 4) is 0 Å². The highest BCUT2D eigenvalue weighted by molar-refractivity contribution is 5.76. The summed E-state index contributed by atoms with van der Waals surface area (Å²) in [6.45, 7) is 3.80. The van der Waals surface area contributed by atoms with Crippen LogP contribution in [0.5, 0.6) is 0 Å². The molecule has 2 nitrogen and oxygen atoms in total. The molecule has 0 aliphatic heterocycles. The molecule has 1 aromatic heterocycles. The molecule has 1 heterocycles. The Morgan fingerprint density at radius 1 is 1.45 bits per heavy atom. The van der Waals surface area contributed by atoms with Crippen LogP contribution >= 0.6 is 0 Å². The van der Waals surface area contributed by atoms with E-state index in [0.717, 1.165) is 23.1 Å². The van der Waals surface area contributed by atoms with Crippen LogP contribution in [0.15, 0.2) is 29.0 Å². The Bertz CT molecular complexity index is 364. The van der Waals surface area contributed by atoms with Gasteiger partial charge in [-0.2, -0.15) is 0 Å². The number of hydrogen-bond acceptors (Lipinski definition) is 2. The van der Waals surface area contributed by atoms with Crippen LogP contribution in [-0.4, -0.2) is 4.98 Å². The number of oxazole rings is 1. The third-order valence-corrected chi connectivity index (χ3v) is 1.71. The molecule has 1 radical (unpaired) electrons. The van der Waals surface area contributed by atoms with Gasteiger partial charge >= 0.3 is 0 Å². The van der Waals surface area contributed by atoms with E-state index in [2.05, 4.69) is 11.9 Å². The zero-order valence-electron chi connectivity index (χ0n) is 6.08. The summed E-state index contributed by atoms with van der Waals surface area (Å²) in [7, 11) is 0. The molecule has 0 unspecified atom stereocenters. The van der Waals surface area contributed by atoms with Crippen molar-refractivity contribution in [2.45, 2.75) is 6.42 Å². The predicted molar refractivity (Wildman–Crippen MR) is 43.1 cm³/mol. The Balaban J connectivity index is 2.79. The summed E-state index contributed by atoms with van der Waals surface area (Å²) in [6.07, 6.45) is 2.22. The summed E-state index contributed by atoms with van der Waals surface area (Å²) >= 11 is 0. The van der Waals surface area contributed by atoms with Crippen LogP contribution in [0.3, 0.4) is 0 Å². The average molecular weight is 146 g/mol. The molecule has 0 bridgehead atoms. The molecule has 2 aromatic rings. The molecule has 0 fully saturated rings. The lowest BCUT2D eigenvalue weighted by molar-refractivity contribution is 0.602. The van der Waals surface area contributed by atoms with E-state index in [-0.39, 0.29) is 0 Å². The number of benzene rings is 1. The minimum atomic E-state index is 0.754. The topological polar surface area (TPSA) is 26.0 Å². The monoisotopic (exact) mass is 146 g/mol. The SMILES string of the molecule is [CH2]Cc1cccc2ocnc12. The Morgan fingerprint density at radius 2 is 2.36 bits per heavy atom. The fraction of sp³-hybridized carbons (Fsp3) is 0.111. The van der Waals surface area contributed by atoms with Crippen LogP contribution in [0.1, 0.15) is 5.56 Å². The molecular formula is C9H8NO. The van der Waals surface area contributed by atoms with Gasteiger partial charge in [-0.3, -0.25) is 0 Å². The molecule has 0 N–H and O–H groups in total. The lowest BCUT2D eigenvalue weighted by atomic mass is 10.1. The molecule has 0 aliphatic carbocycles. The summed E-state index contributed by atoms with van der Waals surface area (Å²) in [6, 6.07) is 5.87. The molecule has 1 aromatic carbocycles. The molecular weight excluding hydrogens is 138 g/mol. The van der Waals surface area contributed by atoms with Crippen molar-refractivity contribution in [1.82, 2.24) is 4.98 Å². The standard InChI is InChI=1S/C9H8NO/c1-2-7-4-3-5-8-9(7)10-6-11-8/h3-6H,1-2H2. The maximum atomic E-state index is 5.12. The smallest absolute Gasteiger partial charge is 0.181 e. The Labute approximate surface area is 64.9 Å². The molecule has 2 heteroatoms. The van der Waals surface area contributed by atoms with Gasteiger partial charge in [0.05, 0.1) is 0 Å². The second-order valence-corrected chi connectivity index (χ2v) is 2.37. The van der Waals surface area contributed by atoms with Gasteiger partial charge in [0.15, 0.2) is 12.0 Å². The summed E-state index contributed by atoms with van der Waals surface area (Å²) in [5, 5.41) is 0. The second kappa shape index (κ2) is 2.38. The number of aromatic nitrogens is 1. The fourth-order valence-corrected chi connectivity index (χ4v) is 1.15. The van der Waals surface area contributed by atoms with Crippen molar-refractivity contribution in [2.75, 3.05) is 0 Å². The van der Waals surface area contributed by atoms with E-state index in [1.165, 1.54) is 6.39 Å². The van der Waals surface area contributed by atoms with E-state index in [0.29, 0.717) is 0 Å². The van der Waals surface area contributed by atoms with Gasteiger partial charge in [0.1, 0.15) is 5.52 Å². The van der Waals surface area contributed by atoms with Crippen molar-refractivity contribution >= 4 is 11.1 Å². The fourth-order valence-electron chi connectivity index (χ4n) is 1.15. The molecule has 0 spiro atoms. The Hall–Kier alpha value is -1.31. The second-order valence-electron chi connectivity index (χ2n) is 2.37. The molecule has 0 saturated carbocycles. The van der Waals surface area contributed by atoms with Gasteiger partial charge in [0, 0.05) is 0 Å². The molecule has 0 atom stereocenters. The van der Waals surface area contributed by atoms with Gasteiger partial charge in [0.25, 0.3) is 0 Å². The summed E-state index contributed by atoms with van der Waals surface area (Å²) < 4.78 is 5.12. The lowest BCUT2D eigenvalue weighted by Gasteiger charge is -1.93. The van der Waals surface area contributed by atoms with E-state index < -0.39 is 0 Å². The van der Waals surface area contributed by atoms with E-state index in [9.17, 15) is 0 Å². The largest absolute Gasteiger partial charge is 0.443 e. The third kappa shape index (κ3) is 0.909. The zero-order valence-corrected chi connectivity index (χ0v) is 6.08. The van der Waals surface area contributed by atoms with Crippen LogP contribution in [0, 0.1) is 6.92 Å². The van der Waals surface area contributed by atoms with Crippen LogP contribution < -0.4 is 0 Å². The molecule has 55 valence electrons. The van der Waals surface area contributed by atoms with Crippen LogP contribution in [0.2, 0.25) is 0 Å². The van der Waals surface area contributed by atoms with Crippen LogP contribution in [0.4, 0.5) is 0 Å². The van der Waals surface area contributed by atoms with Gasteiger partial charge in [-0.25, -0.2) is 4.98 Å². The quantitative estimate of drug-likeness (QED) is 0.616. The predicted octanol–water partition coefficient (Wildman–Crippen LogP) is 2.20. The van der Waals surface area contributed by atoms with Crippen molar-refractivity contribution in [3.63, 3.8) is 0 Å². The maximum Gasteiger partial charge on any atom is 0.181 e. The minimum absolute atomic E-state index is 0.754. The number of fused-ring (bicyclic) bond motifs is 1. The van der Waals surface area contributed by atoms with Crippen molar-refractivity contribution in [2.24, 2.45) is 0 Å². The summed E-state index contributed by atoms with van der Waals surface area (Å²) in [5.41, 5.74) is 2.91. The molecule has 2 rings (SSSR count). The van der Waals surface area contributed by atoms with Gasteiger partial charge < -0.3 is 4.42 Å². The van der Waals surface area contributed by atoms with Crippen molar-refractivity contribution in [1.29, 1.82) is 0 Å². The molecule has 11 heavy (non-hydrogen) atoms. The number of para-hydroxylation sites is 1. The molecule has 0 aliphatic rings. The van der Waals surface area contributed by atoms with Crippen LogP contribution in [-0.2, 0) is 6.42 Å². The molecule has 0 amide bonds. The van der Waals surface area contributed by atoms with Crippen molar-refractivity contribution < 1.29 is 4.42 Å². The van der Waals surface area contributed by atoms with E-state index >= 15 is 0 Å². The minimum Gasteiger partial charge on any atom is -0.443 e. The first-order valence-electron chi connectivity index (χ1n) is 3.52. The van der Waals surface area contributed by atoms with Crippen LogP contribution in [0.25, 0.3) is 11.1 Å². The van der Waals surface area contributed by atoms with Crippen molar-refractivity contribution in [3.05, 3.63) is 37.1 Å². The number of nitrogens with zero attached hydrogens (tertiary/aromatic N) is 1. The first kappa shape index (κ1) is 6.40. The number of rotatable bonds is 1. The highest BCUT2D eigenvalue weighted by atomic mass is 16.3. The van der Waals surface area contributed by atoms with E-state index in [1.54, 1.807) is 0 Å². The summed E-state index contributed by atoms with van der Waals surface area (Å²) in [5.74, 6) is 0. The molecule has 0 saturated heterocycles. The highest BCUT2D eigenvalue weighted by Crippen LogP contribution is 2.16. The van der Waals surface area contributed by atoms with E-state index in [4.69, 9.17) is 4.42 Å². The number of hydrogen-bond donors (Lipinski definition) is 0. The average Bonchev–Trinajstić information content (AvgIpc) is 2.50.